The maximum atomic E-state index is 12.6. The Morgan fingerprint density at radius 3 is 2.57 bits per heavy atom. The van der Waals surface area contributed by atoms with E-state index < -0.39 is 6.09 Å². The van der Waals surface area contributed by atoms with Crippen LogP contribution in [0.1, 0.15) is 27.3 Å². The summed E-state index contributed by atoms with van der Waals surface area (Å²) in [4.78, 5) is 30.5. The first kappa shape index (κ1) is 21.2. The number of hydrogen-bond acceptors (Lipinski definition) is 5. The molecule has 0 atom stereocenters. The smallest absolute Gasteiger partial charge is 0.411 e. The highest BCUT2D eigenvalue weighted by Crippen LogP contribution is 2.28. The summed E-state index contributed by atoms with van der Waals surface area (Å²) in [6.07, 6.45) is -0.525. The van der Waals surface area contributed by atoms with Crippen LogP contribution < -0.4 is 10.6 Å². The molecule has 158 valence electrons. The molecule has 0 aliphatic heterocycles. The maximum Gasteiger partial charge on any atom is 0.411 e. The lowest BCUT2D eigenvalue weighted by Crippen LogP contribution is -2.22. The minimum absolute atomic E-state index is 0.0808. The number of aromatic nitrogens is 2. The number of ether oxygens (including phenoxy) is 1. The fourth-order valence-electron chi connectivity index (χ4n) is 3.32. The number of methoxy groups -OCH3 is 1. The van der Waals surface area contributed by atoms with Crippen LogP contribution in [0.15, 0.2) is 30.3 Å². The summed E-state index contributed by atoms with van der Waals surface area (Å²) >= 11 is 0. The van der Waals surface area contributed by atoms with Crippen LogP contribution in [0, 0.1) is 13.8 Å². The number of imidazole rings is 1. The Kier molecular flexibility index (Phi) is 5.96. The number of amides is 2. The lowest BCUT2D eigenvalue weighted by molar-refractivity contribution is 0.0827. The van der Waals surface area contributed by atoms with E-state index in [2.05, 4.69) is 15.6 Å². The molecule has 1 heterocycles. The minimum atomic E-state index is -0.525. The highest BCUT2D eigenvalue weighted by atomic mass is 16.5. The normalized spacial score (nSPS) is 10.7. The number of hydrogen-bond donors (Lipinski definition) is 2. The minimum Gasteiger partial charge on any atom is -0.453 e. The van der Waals surface area contributed by atoms with Crippen molar-refractivity contribution in [2.24, 2.45) is 7.05 Å². The average molecular weight is 409 g/mol. The van der Waals surface area contributed by atoms with Gasteiger partial charge in [0.25, 0.3) is 5.91 Å². The van der Waals surface area contributed by atoms with Gasteiger partial charge in [-0.2, -0.15) is 0 Å². The number of nitrogens with one attached hydrogen (secondary N) is 2. The van der Waals surface area contributed by atoms with E-state index in [9.17, 15) is 9.59 Å². The number of fused-ring (bicyclic) bond motifs is 1. The Bertz CT molecular complexity index is 1120. The average Bonchev–Trinajstić information content (AvgIpc) is 3.00. The van der Waals surface area contributed by atoms with Gasteiger partial charge in [-0.15, -0.1) is 0 Å². The molecule has 1 aromatic heterocycles. The molecule has 8 nitrogen and oxygen atoms in total. The zero-order chi connectivity index (χ0) is 22.0. The number of carbonyl (C=O) groups is 2. The van der Waals surface area contributed by atoms with E-state index in [1.54, 1.807) is 19.0 Å². The van der Waals surface area contributed by atoms with Crippen molar-refractivity contribution in [3.05, 3.63) is 52.8 Å². The first-order valence-electron chi connectivity index (χ1n) is 9.59. The predicted octanol–water partition coefficient (Wildman–Crippen LogP) is 3.68. The van der Waals surface area contributed by atoms with Crippen molar-refractivity contribution in [2.75, 3.05) is 31.8 Å². The van der Waals surface area contributed by atoms with Crippen LogP contribution in [-0.2, 0) is 18.3 Å². The molecule has 2 N–H and O–H groups in total. The monoisotopic (exact) mass is 409 g/mol. The van der Waals surface area contributed by atoms with Crippen LogP contribution >= 0.6 is 0 Å². The molecule has 2 aromatic carbocycles. The molecule has 8 heteroatoms. The number of rotatable bonds is 5. The lowest BCUT2D eigenvalue weighted by atomic mass is 10.1. The fourth-order valence-corrected chi connectivity index (χ4v) is 3.32. The van der Waals surface area contributed by atoms with E-state index >= 15 is 0 Å². The quantitative estimate of drug-likeness (QED) is 0.671. The Labute approximate surface area is 175 Å². The van der Waals surface area contributed by atoms with Gasteiger partial charge in [-0.25, -0.2) is 9.78 Å². The van der Waals surface area contributed by atoms with Crippen LogP contribution in [0.5, 0.6) is 0 Å². The molecule has 0 radical (unpaired) electrons. The zero-order valence-corrected chi connectivity index (χ0v) is 18.2. The molecule has 0 aliphatic rings. The first-order valence-corrected chi connectivity index (χ1v) is 9.59. The highest BCUT2D eigenvalue weighted by Gasteiger charge is 2.17. The van der Waals surface area contributed by atoms with Crippen LogP contribution in [0.25, 0.3) is 11.0 Å². The van der Waals surface area contributed by atoms with Gasteiger partial charge in [-0.05, 0) is 43.2 Å². The molecule has 3 rings (SSSR count). The molecule has 0 aliphatic carbocycles. The van der Waals surface area contributed by atoms with Gasteiger partial charge in [0.05, 0.1) is 18.3 Å². The Morgan fingerprint density at radius 1 is 1.17 bits per heavy atom. The van der Waals surface area contributed by atoms with Gasteiger partial charge in [0, 0.05) is 38.9 Å². The van der Waals surface area contributed by atoms with Crippen molar-refractivity contribution in [3.8, 4) is 0 Å². The van der Waals surface area contributed by atoms with Gasteiger partial charge in [-0.3, -0.25) is 10.1 Å². The van der Waals surface area contributed by atoms with E-state index in [4.69, 9.17) is 4.74 Å². The topological polar surface area (TPSA) is 88.5 Å². The summed E-state index contributed by atoms with van der Waals surface area (Å²) in [7, 11) is 6.72. The van der Waals surface area contributed by atoms with E-state index in [1.807, 2.05) is 55.8 Å². The van der Waals surface area contributed by atoms with Crippen molar-refractivity contribution < 1.29 is 14.3 Å². The number of benzene rings is 2. The van der Waals surface area contributed by atoms with Crippen LogP contribution in [0.2, 0.25) is 0 Å². The molecule has 0 saturated carbocycles. The molecule has 0 bridgehead atoms. The van der Waals surface area contributed by atoms with Crippen molar-refractivity contribution in [2.45, 2.75) is 20.4 Å². The van der Waals surface area contributed by atoms with Crippen LogP contribution in [-0.4, -0.2) is 47.7 Å². The van der Waals surface area contributed by atoms with E-state index in [0.29, 0.717) is 17.8 Å². The van der Waals surface area contributed by atoms with Gasteiger partial charge in [0.2, 0.25) is 0 Å². The lowest BCUT2D eigenvalue weighted by Gasteiger charge is -2.16. The molecule has 30 heavy (non-hydrogen) atoms. The Hall–Kier alpha value is -3.55. The molecular weight excluding hydrogens is 382 g/mol. The highest BCUT2D eigenvalue weighted by molar-refractivity contribution is 6.01. The summed E-state index contributed by atoms with van der Waals surface area (Å²) in [5, 5.41) is 6.16. The Morgan fingerprint density at radius 2 is 1.90 bits per heavy atom. The first-order chi connectivity index (χ1) is 14.2. The third-order valence-electron chi connectivity index (χ3n) is 5.15. The molecule has 0 saturated heterocycles. The van der Waals surface area contributed by atoms with Crippen LogP contribution in [0.4, 0.5) is 16.2 Å². The summed E-state index contributed by atoms with van der Waals surface area (Å²) < 4.78 is 6.69. The van der Waals surface area contributed by atoms with E-state index in [0.717, 1.165) is 33.7 Å². The molecule has 3 aromatic rings. The summed E-state index contributed by atoms with van der Waals surface area (Å²) in [6.45, 7) is 4.35. The number of aryl methyl sites for hydroxylation is 3. The fraction of sp³-hybridized carbons (Fsp3) is 0.318. The zero-order valence-electron chi connectivity index (χ0n) is 18.2. The number of anilines is 2. The summed E-state index contributed by atoms with van der Waals surface area (Å²) in [5.74, 6) is 0.772. The van der Waals surface area contributed by atoms with Crippen molar-refractivity contribution in [1.29, 1.82) is 0 Å². The summed E-state index contributed by atoms with van der Waals surface area (Å²) in [5.41, 5.74) is 5.62. The van der Waals surface area contributed by atoms with Crippen molar-refractivity contribution in [1.82, 2.24) is 14.5 Å². The van der Waals surface area contributed by atoms with Gasteiger partial charge >= 0.3 is 6.09 Å². The molecule has 0 spiro atoms. The molecular formula is C22H27N5O3. The molecule has 0 unspecified atom stereocenters. The SMILES string of the molecule is COC(=O)Nc1cccc(C)c1CNc1cc(C(=O)N(C)C)cc2c1nc(C)n2C. The second kappa shape index (κ2) is 8.44. The largest absolute Gasteiger partial charge is 0.453 e. The maximum absolute atomic E-state index is 12.6. The summed E-state index contributed by atoms with van der Waals surface area (Å²) in [6, 6.07) is 9.36. The van der Waals surface area contributed by atoms with E-state index in [-0.39, 0.29) is 5.91 Å². The van der Waals surface area contributed by atoms with Crippen molar-refractivity contribution in [3.63, 3.8) is 0 Å². The van der Waals surface area contributed by atoms with Gasteiger partial charge in [0.15, 0.2) is 0 Å². The predicted molar refractivity (Wildman–Crippen MR) is 118 cm³/mol. The third kappa shape index (κ3) is 4.07. The van der Waals surface area contributed by atoms with E-state index in [1.165, 1.54) is 7.11 Å². The number of carbonyl (C=O) groups excluding carboxylic acids is 2. The van der Waals surface area contributed by atoms with Crippen LogP contribution in [0.3, 0.4) is 0 Å². The second-order valence-corrected chi connectivity index (χ2v) is 7.38. The van der Waals surface area contributed by atoms with Gasteiger partial charge in [0.1, 0.15) is 11.3 Å². The van der Waals surface area contributed by atoms with Gasteiger partial charge in [-0.1, -0.05) is 12.1 Å². The van der Waals surface area contributed by atoms with Crippen molar-refractivity contribution >= 4 is 34.4 Å². The number of nitrogens with zero attached hydrogens (tertiary/aromatic N) is 3. The molecule has 0 fully saturated rings. The second-order valence-electron chi connectivity index (χ2n) is 7.38. The van der Waals surface area contributed by atoms with Gasteiger partial charge < -0.3 is 19.5 Å². The third-order valence-corrected chi connectivity index (χ3v) is 5.15. The Balaban J connectivity index is 2.01. The molecule has 2 amide bonds. The standard InChI is InChI=1S/C22H27N5O3/c1-13-8-7-9-17(25-22(29)30-6)16(13)12-23-18-10-15(21(28)26(3)4)11-19-20(18)24-14(2)27(19)5/h7-11,23H,12H2,1-6H3,(H,25,29).